The lowest BCUT2D eigenvalue weighted by atomic mass is 10.0. The van der Waals surface area contributed by atoms with Crippen LogP contribution in [0.25, 0.3) is 18.2 Å². The van der Waals surface area contributed by atoms with Crippen molar-refractivity contribution in [3.05, 3.63) is 72.3 Å². The Morgan fingerprint density at radius 3 is 2.35 bits per heavy atom. The van der Waals surface area contributed by atoms with Crippen molar-refractivity contribution in [1.29, 1.82) is 0 Å². The number of aliphatic imine (C=N–C) groups is 1. The summed E-state index contributed by atoms with van der Waals surface area (Å²) in [6.07, 6.45) is 9.91. The second kappa shape index (κ2) is 9.33. The van der Waals surface area contributed by atoms with Gasteiger partial charge in [0.2, 0.25) is 0 Å². The molecule has 5 heterocycles. The first-order valence-electron chi connectivity index (χ1n) is 13.4. The smallest absolute Gasteiger partial charge is 0.273 e. The third-order valence-corrected chi connectivity index (χ3v) is 8.34. The second-order valence-electron chi connectivity index (χ2n) is 10.2. The average molecular weight is 497 g/mol. The number of hydrogen-bond acceptors (Lipinski definition) is 2. The normalized spacial score (nSPS) is 18.9. The Morgan fingerprint density at radius 2 is 1.68 bits per heavy atom. The highest BCUT2D eigenvalue weighted by atomic mass is 16.2. The van der Waals surface area contributed by atoms with Crippen molar-refractivity contribution in [2.24, 2.45) is 4.99 Å². The van der Waals surface area contributed by atoms with E-state index in [0.29, 0.717) is 0 Å². The number of nitrogens with zero attached hydrogens (tertiary/aromatic N) is 2. The largest absolute Gasteiger partial charge is 0.355 e. The van der Waals surface area contributed by atoms with Crippen molar-refractivity contribution < 1.29 is 9.59 Å². The predicted molar refractivity (Wildman–Crippen MR) is 150 cm³/mol. The summed E-state index contributed by atoms with van der Waals surface area (Å²) in [6, 6.07) is 0. The molecular weight excluding hydrogens is 460 g/mol. The number of H-pyrrole nitrogens is 1. The standard InChI is InChI=1S/C31H36N4O2/c1-8-20-18(6)30(36)33-25(20)13-24-16(4)23-11-12-35-28(14-26-21(9-2)19(7)31(37)34-26)17(5)22(10-3)29(35)15-27(23)32-24/h13-15,32H,8-12H2,1-7H3,(H,33,36)/b25-13-,28-14-. The van der Waals surface area contributed by atoms with Crippen LogP contribution in [0.4, 0.5) is 0 Å². The Bertz CT molecular complexity index is 1620. The molecule has 0 aromatic carbocycles. The topological polar surface area (TPSA) is 79.2 Å². The SMILES string of the molecule is CCC1=C(C)C(=O)N=C1/C=c1/c(C)c(CC)c2n1CCc1c([nH]c(/C=C3\NC(=O)C(C)=C3CC)c1C)C=2. The molecule has 37 heavy (non-hydrogen) atoms. The van der Waals surface area contributed by atoms with Crippen molar-refractivity contribution in [1.82, 2.24) is 14.9 Å². The van der Waals surface area contributed by atoms with Gasteiger partial charge >= 0.3 is 0 Å². The van der Waals surface area contributed by atoms with Gasteiger partial charge in [-0.3, -0.25) is 9.59 Å². The highest BCUT2D eigenvalue weighted by Gasteiger charge is 2.25. The van der Waals surface area contributed by atoms with E-state index in [1.54, 1.807) is 0 Å². The Balaban J connectivity index is 1.66. The van der Waals surface area contributed by atoms with Gasteiger partial charge in [0.15, 0.2) is 0 Å². The molecule has 3 aliphatic heterocycles. The van der Waals surface area contributed by atoms with Gasteiger partial charge < -0.3 is 14.9 Å². The minimum atomic E-state index is -0.118. The van der Waals surface area contributed by atoms with Crippen molar-refractivity contribution >= 4 is 35.8 Å². The molecule has 0 bridgehead atoms. The van der Waals surface area contributed by atoms with Crippen molar-refractivity contribution in [3.63, 3.8) is 0 Å². The van der Waals surface area contributed by atoms with E-state index in [2.05, 4.69) is 72.7 Å². The van der Waals surface area contributed by atoms with E-state index in [0.717, 1.165) is 82.7 Å². The van der Waals surface area contributed by atoms with Crippen molar-refractivity contribution in [2.75, 3.05) is 0 Å². The van der Waals surface area contributed by atoms with Crippen LogP contribution in [0.5, 0.6) is 0 Å². The number of carbonyl (C=O) groups is 2. The molecular formula is C31H36N4O2. The van der Waals surface area contributed by atoms with Crippen LogP contribution in [-0.4, -0.2) is 27.1 Å². The quantitative estimate of drug-likeness (QED) is 0.655. The molecule has 2 aromatic heterocycles. The molecule has 6 nitrogen and oxygen atoms in total. The zero-order valence-corrected chi connectivity index (χ0v) is 23.0. The zero-order valence-electron chi connectivity index (χ0n) is 23.0. The fraction of sp³-hybridized carbons (Fsp3) is 0.387. The average Bonchev–Trinajstić information content (AvgIpc) is 3.45. The molecule has 2 aromatic rings. The molecule has 0 unspecified atom stereocenters. The van der Waals surface area contributed by atoms with E-state index in [1.807, 2.05) is 13.8 Å². The zero-order chi connectivity index (χ0) is 26.6. The third kappa shape index (κ3) is 3.90. The van der Waals surface area contributed by atoms with E-state index in [4.69, 9.17) is 0 Å². The summed E-state index contributed by atoms with van der Waals surface area (Å²) >= 11 is 0. The molecule has 5 rings (SSSR count). The number of amides is 2. The van der Waals surface area contributed by atoms with Gasteiger partial charge in [0.05, 0.1) is 5.71 Å². The lowest BCUT2D eigenvalue weighted by Gasteiger charge is -2.06. The summed E-state index contributed by atoms with van der Waals surface area (Å²) in [7, 11) is 0. The van der Waals surface area contributed by atoms with Gasteiger partial charge in [-0.05, 0) is 105 Å². The van der Waals surface area contributed by atoms with Crippen LogP contribution in [-0.2, 0) is 29.0 Å². The van der Waals surface area contributed by atoms with E-state index < -0.39 is 0 Å². The first-order chi connectivity index (χ1) is 17.7. The molecule has 192 valence electrons. The van der Waals surface area contributed by atoms with Gasteiger partial charge in [-0.2, -0.15) is 0 Å². The lowest BCUT2D eigenvalue weighted by molar-refractivity contribution is -0.116. The first kappa shape index (κ1) is 25.0. The number of nitrogens with one attached hydrogen (secondary N) is 2. The van der Waals surface area contributed by atoms with Gasteiger partial charge in [0.1, 0.15) is 0 Å². The van der Waals surface area contributed by atoms with Gasteiger partial charge in [0, 0.05) is 45.5 Å². The molecule has 0 radical (unpaired) electrons. The first-order valence-corrected chi connectivity index (χ1v) is 13.4. The number of carbonyl (C=O) groups excluding carboxylic acids is 2. The summed E-state index contributed by atoms with van der Waals surface area (Å²) < 4.78 is 2.39. The summed E-state index contributed by atoms with van der Waals surface area (Å²) in [6.45, 7) is 15.3. The minimum Gasteiger partial charge on any atom is -0.355 e. The van der Waals surface area contributed by atoms with Gasteiger partial charge in [-0.1, -0.05) is 20.8 Å². The summed E-state index contributed by atoms with van der Waals surface area (Å²) in [5, 5.41) is 5.39. The highest BCUT2D eigenvalue weighted by molar-refractivity contribution is 6.30. The maximum atomic E-state index is 12.3. The molecule has 0 saturated heterocycles. The molecule has 6 heteroatoms. The van der Waals surface area contributed by atoms with Crippen LogP contribution in [0.15, 0.2) is 33.0 Å². The Labute approximate surface area is 218 Å². The predicted octanol–water partition coefficient (Wildman–Crippen LogP) is 4.07. The Morgan fingerprint density at radius 1 is 0.946 bits per heavy atom. The van der Waals surface area contributed by atoms with Crippen LogP contribution in [0.2, 0.25) is 0 Å². The van der Waals surface area contributed by atoms with E-state index >= 15 is 0 Å². The Hall–Kier alpha value is -3.67. The number of rotatable bonds is 5. The third-order valence-electron chi connectivity index (χ3n) is 8.34. The second-order valence-corrected chi connectivity index (χ2v) is 10.2. The summed E-state index contributed by atoms with van der Waals surface area (Å²) in [4.78, 5) is 32.6. The van der Waals surface area contributed by atoms with Gasteiger partial charge in [0.25, 0.3) is 11.8 Å². The summed E-state index contributed by atoms with van der Waals surface area (Å²) in [5.74, 6) is -0.123. The fourth-order valence-electron chi connectivity index (χ4n) is 6.14. The number of fused-ring (bicyclic) bond motifs is 2. The number of aromatic amines is 1. The maximum Gasteiger partial charge on any atom is 0.273 e. The monoisotopic (exact) mass is 496 g/mol. The molecule has 3 aliphatic rings. The minimum absolute atomic E-state index is 0.00468. The molecule has 0 atom stereocenters. The molecule has 2 N–H and O–H groups in total. The number of aromatic nitrogens is 2. The molecule has 2 amide bonds. The van der Waals surface area contributed by atoms with Gasteiger partial charge in [-0.25, -0.2) is 4.99 Å². The highest BCUT2D eigenvalue weighted by Crippen LogP contribution is 2.29. The number of allylic oxidation sites excluding steroid dienone is 2. The molecule has 0 spiro atoms. The van der Waals surface area contributed by atoms with Crippen LogP contribution >= 0.6 is 0 Å². The van der Waals surface area contributed by atoms with Crippen molar-refractivity contribution in [3.8, 4) is 0 Å². The summed E-state index contributed by atoms with van der Waals surface area (Å²) in [5.41, 5.74) is 12.7. The molecule has 0 aliphatic carbocycles. The lowest BCUT2D eigenvalue weighted by Crippen LogP contribution is -2.29. The van der Waals surface area contributed by atoms with Crippen LogP contribution < -0.4 is 16.0 Å². The van der Waals surface area contributed by atoms with Crippen molar-refractivity contribution in [2.45, 2.75) is 80.7 Å². The van der Waals surface area contributed by atoms with E-state index in [9.17, 15) is 9.59 Å². The van der Waals surface area contributed by atoms with Gasteiger partial charge in [-0.15, -0.1) is 0 Å². The maximum absolute atomic E-state index is 12.3. The van der Waals surface area contributed by atoms with Crippen LogP contribution in [0.3, 0.4) is 0 Å². The molecule has 0 fully saturated rings. The van der Waals surface area contributed by atoms with Crippen LogP contribution in [0.1, 0.15) is 81.1 Å². The van der Waals surface area contributed by atoms with Crippen LogP contribution in [0, 0.1) is 13.8 Å². The van der Waals surface area contributed by atoms with E-state index in [-0.39, 0.29) is 11.8 Å². The number of hydrogen-bond donors (Lipinski definition) is 2. The fourth-order valence-corrected chi connectivity index (χ4v) is 6.14. The Kier molecular flexibility index (Phi) is 6.30. The molecule has 0 saturated carbocycles. The van der Waals surface area contributed by atoms with E-state index in [1.165, 1.54) is 27.6 Å².